The number of carbonyl (C=O) groups is 1. The second-order valence-corrected chi connectivity index (χ2v) is 4.15. The summed E-state index contributed by atoms with van der Waals surface area (Å²) < 4.78 is 1.60. The molecule has 0 aliphatic carbocycles. The second-order valence-electron chi connectivity index (χ2n) is 4.15. The maximum Gasteiger partial charge on any atom is 0.337 e. The van der Waals surface area contributed by atoms with Gasteiger partial charge < -0.3 is 9.67 Å². The molecule has 1 N–H and O–H groups in total. The molecule has 0 saturated heterocycles. The number of benzene rings is 1. The van der Waals surface area contributed by atoms with Crippen molar-refractivity contribution in [1.29, 1.82) is 0 Å². The molecule has 0 bridgehead atoms. The Labute approximate surface area is 127 Å². The lowest BCUT2D eigenvalue weighted by Gasteiger charge is -2.09. The van der Waals surface area contributed by atoms with E-state index in [0.29, 0.717) is 11.3 Å². The van der Waals surface area contributed by atoms with E-state index in [0.717, 1.165) is 0 Å². The average Bonchev–Trinajstić information content (AvgIpc) is 3.10. The van der Waals surface area contributed by atoms with Crippen molar-refractivity contribution in [3.8, 4) is 18.0 Å². The van der Waals surface area contributed by atoms with Gasteiger partial charge in [0.2, 0.25) is 0 Å². The highest BCUT2D eigenvalue weighted by atomic mass is 16.4. The Bertz CT molecular complexity index is 749. The Morgan fingerprint density at radius 1 is 1.09 bits per heavy atom. The average molecular weight is 291 g/mol. The maximum absolute atomic E-state index is 11.1. The molecule has 3 aromatic rings. The van der Waals surface area contributed by atoms with E-state index in [4.69, 9.17) is 11.5 Å². The van der Waals surface area contributed by atoms with Gasteiger partial charge in [-0.15, -0.1) is 6.42 Å². The molecule has 5 heteroatoms. The van der Waals surface area contributed by atoms with Crippen molar-refractivity contribution in [3.05, 3.63) is 78.6 Å². The third-order valence-electron chi connectivity index (χ3n) is 2.75. The zero-order chi connectivity index (χ0) is 15.8. The van der Waals surface area contributed by atoms with Gasteiger partial charge in [-0.3, -0.25) is 4.98 Å². The van der Waals surface area contributed by atoms with Gasteiger partial charge in [0.05, 0.1) is 17.6 Å². The zero-order valence-electron chi connectivity index (χ0n) is 11.6. The first-order valence-electron chi connectivity index (χ1n) is 6.40. The van der Waals surface area contributed by atoms with Crippen LogP contribution in [0.2, 0.25) is 0 Å². The van der Waals surface area contributed by atoms with Crippen LogP contribution in [0.25, 0.3) is 5.69 Å². The third-order valence-corrected chi connectivity index (χ3v) is 2.75. The van der Waals surface area contributed by atoms with Crippen molar-refractivity contribution in [2.24, 2.45) is 0 Å². The number of imidazole rings is 1. The first-order chi connectivity index (χ1) is 10.7. The molecule has 0 unspecified atom stereocenters. The lowest BCUT2D eigenvalue weighted by molar-refractivity contribution is 0.0697. The first kappa shape index (κ1) is 15.0. The van der Waals surface area contributed by atoms with E-state index < -0.39 is 5.97 Å². The fourth-order valence-corrected chi connectivity index (χ4v) is 1.81. The van der Waals surface area contributed by atoms with Crippen LogP contribution < -0.4 is 0 Å². The summed E-state index contributed by atoms with van der Waals surface area (Å²) >= 11 is 0. The summed E-state index contributed by atoms with van der Waals surface area (Å²) in [6, 6.07) is 10.5. The molecule has 0 amide bonds. The Morgan fingerprint density at radius 3 is 2.32 bits per heavy atom. The summed E-state index contributed by atoms with van der Waals surface area (Å²) in [5, 5.41) is 9.08. The summed E-state index contributed by atoms with van der Waals surface area (Å²) in [6.45, 7) is 0. The first-order valence-corrected chi connectivity index (χ1v) is 6.40. The van der Waals surface area contributed by atoms with Crippen LogP contribution in [0.3, 0.4) is 0 Å². The normalized spacial score (nSPS) is 9.23. The quantitative estimate of drug-likeness (QED) is 0.737. The molecule has 2 aromatic heterocycles. The van der Waals surface area contributed by atoms with Crippen LogP contribution in [0, 0.1) is 12.3 Å². The number of aromatic nitrogens is 3. The van der Waals surface area contributed by atoms with Crippen LogP contribution in [-0.4, -0.2) is 25.6 Å². The van der Waals surface area contributed by atoms with Gasteiger partial charge in [-0.25, -0.2) is 9.78 Å². The van der Waals surface area contributed by atoms with Gasteiger partial charge in [0, 0.05) is 30.4 Å². The Hall–Kier alpha value is -3.39. The van der Waals surface area contributed by atoms with Gasteiger partial charge in [0.1, 0.15) is 0 Å². The number of carboxylic acid groups (broad SMARTS) is 1. The number of pyridine rings is 1. The zero-order valence-corrected chi connectivity index (χ0v) is 11.6. The van der Waals surface area contributed by atoms with Gasteiger partial charge in [-0.2, -0.15) is 0 Å². The number of nitrogens with zero attached hydrogens (tertiary/aromatic N) is 3. The molecule has 5 nitrogen and oxygen atoms in total. The van der Waals surface area contributed by atoms with Gasteiger partial charge in [-0.05, 0) is 24.3 Å². The standard InChI is InChI=1S/C12H8N2O2.C5H5N/c1-2-9-4-3-5-10(12(15)16)11(9)14-7-6-13-8-14;1-2-4-6-5-3-1/h1,3-8H,(H,15,16);1-5H. The van der Waals surface area contributed by atoms with Gasteiger partial charge >= 0.3 is 5.97 Å². The van der Waals surface area contributed by atoms with Crippen LogP contribution in [0.15, 0.2) is 67.5 Å². The number of rotatable bonds is 2. The molecule has 3 rings (SSSR count). The Morgan fingerprint density at radius 2 is 1.86 bits per heavy atom. The minimum absolute atomic E-state index is 0.161. The lowest BCUT2D eigenvalue weighted by Crippen LogP contribution is -2.06. The molecule has 0 aliphatic rings. The Kier molecular flexibility index (Phi) is 5.05. The number of para-hydroxylation sites is 1. The van der Waals surface area contributed by atoms with E-state index >= 15 is 0 Å². The van der Waals surface area contributed by atoms with Crippen LogP contribution in [0.1, 0.15) is 15.9 Å². The van der Waals surface area contributed by atoms with Crippen LogP contribution in [0.4, 0.5) is 0 Å². The molecule has 0 aliphatic heterocycles. The number of terminal acetylenes is 1. The highest BCUT2D eigenvalue weighted by Gasteiger charge is 2.14. The maximum atomic E-state index is 11.1. The number of hydrogen-bond donors (Lipinski definition) is 1. The molecular weight excluding hydrogens is 278 g/mol. The van der Waals surface area contributed by atoms with Gasteiger partial charge in [0.25, 0.3) is 0 Å². The van der Waals surface area contributed by atoms with Crippen molar-refractivity contribution in [3.63, 3.8) is 0 Å². The minimum atomic E-state index is -1.01. The third kappa shape index (κ3) is 3.58. The summed E-state index contributed by atoms with van der Waals surface area (Å²) in [7, 11) is 0. The minimum Gasteiger partial charge on any atom is -0.478 e. The van der Waals surface area contributed by atoms with Crippen molar-refractivity contribution < 1.29 is 9.90 Å². The van der Waals surface area contributed by atoms with Crippen molar-refractivity contribution in [2.75, 3.05) is 0 Å². The van der Waals surface area contributed by atoms with Crippen molar-refractivity contribution in [1.82, 2.24) is 14.5 Å². The Balaban J connectivity index is 0.000000246. The highest BCUT2D eigenvalue weighted by molar-refractivity contribution is 5.93. The van der Waals surface area contributed by atoms with Crippen LogP contribution in [0.5, 0.6) is 0 Å². The van der Waals surface area contributed by atoms with E-state index in [1.165, 1.54) is 12.4 Å². The predicted molar refractivity (Wildman–Crippen MR) is 82.7 cm³/mol. The predicted octanol–water partition coefficient (Wildman–Crippen LogP) is 2.63. The van der Waals surface area contributed by atoms with E-state index in [1.807, 2.05) is 18.2 Å². The van der Waals surface area contributed by atoms with Crippen molar-refractivity contribution >= 4 is 5.97 Å². The number of hydrogen-bond acceptors (Lipinski definition) is 3. The number of carboxylic acids is 1. The summed E-state index contributed by atoms with van der Waals surface area (Å²) in [5.41, 5.74) is 1.15. The molecule has 0 radical (unpaired) electrons. The number of aromatic carboxylic acids is 1. The fourth-order valence-electron chi connectivity index (χ4n) is 1.81. The summed E-state index contributed by atoms with van der Waals surface area (Å²) in [4.78, 5) is 18.7. The molecule has 0 fully saturated rings. The second kappa shape index (κ2) is 7.41. The van der Waals surface area contributed by atoms with E-state index in [9.17, 15) is 4.79 Å². The summed E-state index contributed by atoms with van der Waals surface area (Å²) in [5.74, 6) is 1.45. The van der Waals surface area contributed by atoms with E-state index in [2.05, 4.69) is 15.9 Å². The van der Waals surface area contributed by atoms with Gasteiger partial charge in [-0.1, -0.05) is 18.1 Å². The topological polar surface area (TPSA) is 68.0 Å². The molecule has 0 saturated carbocycles. The van der Waals surface area contributed by atoms with Crippen LogP contribution >= 0.6 is 0 Å². The molecule has 2 heterocycles. The smallest absolute Gasteiger partial charge is 0.337 e. The largest absolute Gasteiger partial charge is 0.478 e. The molecule has 1 aromatic carbocycles. The molecule has 108 valence electrons. The fraction of sp³-hybridized carbons (Fsp3) is 0. The molecule has 0 spiro atoms. The molecule has 0 atom stereocenters. The van der Waals surface area contributed by atoms with Gasteiger partial charge in [0.15, 0.2) is 0 Å². The molecular formula is C17H13N3O2. The monoisotopic (exact) mass is 291 g/mol. The summed E-state index contributed by atoms with van der Waals surface area (Å²) in [6.07, 6.45) is 13.6. The van der Waals surface area contributed by atoms with E-state index in [-0.39, 0.29) is 5.56 Å². The molecule has 22 heavy (non-hydrogen) atoms. The van der Waals surface area contributed by atoms with Crippen LogP contribution in [-0.2, 0) is 0 Å². The SMILES string of the molecule is C#Cc1cccc(C(=O)O)c1-n1ccnc1.c1ccncc1. The lowest BCUT2D eigenvalue weighted by atomic mass is 10.1. The van der Waals surface area contributed by atoms with E-state index in [1.54, 1.807) is 41.5 Å². The highest BCUT2D eigenvalue weighted by Crippen LogP contribution is 2.19. The van der Waals surface area contributed by atoms with Crippen molar-refractivity contribution in [2.45, 2.75) is 0 Å².